The highest BCUT2D eigenvalue weighted by Crippen LogP contribution is 2.34. The van der Waals surface area contributed by atoms with Crippen LogP contribution in [0.2, 0.25) is 0 Å². The number of fused-ring (bicyclic) bond motifs is 3. The van der Waals surface area contributed by atoms with E-state index >= 15 is 0 Å². The molecule has 0 aromatic carbocycles. The molecule has 2 nitrogen and oxygen atoms in total. The molecule has 0 N–H and O–H groups in total. The molecular weight excluding hydrogens is 228 g/mol. The Balaban J connectivity index is 2.49. The summed E-state index contributed by atoms with van der Waals surface area (Å²) in [5.74, 6) is 0. The number of pyridine rings is 1. The molecule has 0 unspecified atom stereocenters. The minimum Gasteiger partial charge on any atom is -0.343 e. The second-order valence-corrected chi connectivity index (χ2v) is 4.20. The zero-order chi connectivity index (χ0) is 8.84. The first-order valence-electron chi connectivity index (χ1n) is 4.48. The van der Waals surface area contributed by atoms with E-state index in [2.05, 4.69) is 31.5 Å². The van der Waals surface area contributed by atoms with Crippen LogP contribution in [-0.4, -0.2) is 9.55 Å². The van der Waals surface area contributed by atoms with E-state index in [-0.39, 0.29) is 0 Å². The molecular formula is C10H9BrN2. The number of aryl methyl sites for hydroxylation is 1. The first-order chi connectivity index (χ1) is 6.38. The third-order valence-electron chi connectivity index (χ3n) is 2.70. The van der Waals surface area contributed by atoms with E-state index in [1.165, 1.54) is 33.9 Å². The van der Waals surface area contributed by atoms with Crippen LogP contribution in [0.1, 0.15) is 12.1 Å². The maximum Gasteiger partial charge on any atom is 0.0525 e. The molecule has 2 aromatic rings. The highest BCUT2D eigenvalue weighted by molar-refractivity contribution is 9.10. The highest BCUT2D eigenvalue weighted by atomic mass is 79.9. The van der Waals surface area contributed by atoms with Crippen molar-refractivity contribution >= 4 is 26.8 Å². The maximum absolute atomic E-state index is 4.14. The lowest BCUT2D eigenvalue weighted by Gasteiger charge is -1.97. The average Bonchev–Trinajstić information content (AvgIpc) is 2.72. The van der Waals surface area contributed by atoms with E-state index in [0.29, 0.717) is 0 Å². The Bertz CT molecular complexity index is 473. The summed E-state index contributed by atoms with van der Waals surface area (Å²) in [6.45, 7) is 1.15. The molecule has 1 aliphatic rings. The maximum atomic E-state index is 4.14. The molecule has 2 aromatic heterocycles. The Hall–Kier alpha value is -0.830. The first kappa shape index (κ1) is 7.56. The van der Waals surface area contributed by atoms with Gasteiger partial charge in [-0.15, -0.1) is 0 Å². The van der Waals surface area contributed by atoms with Crippen molar-refractivity contribution in [1.29, 1.82) is 0 Å². The van der Waals surface area contributed by atoms with Gasteiger partial charge in [0, 0.05) is 34.5 Å². The van der Waals surface area contributed by atoms with Gasteiger partial charge in [-0.2, -0.15) is 0 Å². The second-order valence-electron chi connectivity index (χ2n) is 3.41. The molecule has 3 heterocycles. The third kappa shape index (κ3) is 0.908. The van der Waals surface area contributed by atoms with Crippen LogP contribution < -0.4 is 0 Å². The van der Waals surface area contributed by atoms with Gasteiger partial charge in [0.25, 0.3) is 0 Å². The summed E-state index contributed by atoms with van der Waals surface area (Å²) in [6, 6.07) is 2.09. The number of hydrogen-bond donors (Lipinski definition) is 0. The van der Waals surface area contributed by atoms with Crippen LogP contribution in [-0.2, 0) is 13.0 Å². The van der Waals surface area contributed by atoms with Gasteiger partial charge in [-0.3, -0.25) is 4.98 Å². The van der Waals surface area contributed by atoms with Crippen molar-refractivity contribution in [3.05, 3.63) is 28.6 Å². The van der Waals surface area contributed by atoms with Gasteiger partial charge in [0.05, 0.1) is 5.52 Å². The predicted octanol–water partition coefficient (Wildman–Crippen LogP) is 2.75. The summed E-state index contributed by atoms with van der Waals surface area (Å²) in [5.41, 5.74) is 2.75. The number of nitrogens with zero attached hydrogens (tertiary/aromatic N) is 2. The van der Waals surface area contributed by atoms with Gasteiger partial charge in [0.1, 0.15) is 0 Å². The molecule has 0 aliphatic carbocycles. The molecule has 66 valence electrons. The zero-order valence-corrected chi connectivity index (χ0v) is 8.71. The molecule has 13 heavy (non-hydrogen) atoms. The summed E-state index contributed by atoms with van der Waals surface area (Å²) in [6.07, 6.45) is 6.26. The number of rotatable bonds is 0. The number of halogens is 1. The van der Waals surface area contributed by atoms with Crippen LogP contribution in [0, 0.1) is 0 Å². The molecule has 0 spiro atoms. The summed E-state index contributed by atoms with van der Waals surface area (Å²) >= 11 is 3.64. The molecule has 0 bridgehead atoms. The van der Waals surface area contributed by atoms with E-state index in [0.717, 1.165) is 6.54 Å². The van der Waals surface area contributed by atoms with Crippen LogP contribution in [0.25, 0.3) is 10.9 Å². The van der Waals surface area contributed by atoms with Crippen molar-refractivity contribution in [2.45, 2.75) is 19.4 Å². The zero-order valence-electron chi connectivity index (χ0n) is 7.13. The van der Waals surface area contributed by atoms with Crippen molar-refractivity contribution in [3.8, 4) is 0 Å². The Labute approximate surface area is 84.7 Å². The van der Waals surface area contributed by atoms with Crippen molar-refractivity contribution in [3.63, 3.8) is 0 Å². The Morgan fingerprint density at radius 3 is 3.31 bits per heavy atom. The van der Waals surface area contributed by atoms with Crippen molar-refractivity contribution in [2.75, 3.05) is 0 Å². The number of aromatic nitrogens is 2. The number of hydrogen-bond acceptors (Lipinski definition) is 1. The SMILES string of the molecule is Brc1c2n(c3ccncc13)CCC2. The lowest BCUT2D eigenvalue weighted by Crippen LogP contribution is -1.90. The lowest BCUT2D eigenvalue weighted by atomic mass is 10.2. The molecule has 0 atom stereocenters. The molecule has 0 saturated heterocycles. The molecule has 0 fully saturated rings. The van der Waals surface area contributed by atoms with Gasteiger partial charge >= 0.3 is 0 Å². The van der Waals surface area contributed by atoms with E-state index < -0.39 is 0 Å². The van der Waals surface area contributed by atoms with Crippen LogP contribution in [0.4, 0.5) is 0 Å². The Morgan fingerprint density at radius 2 is 2.38 bits per heavy atom. The Morgan fingerprint density at radius 1 is 1.46 bits per heavy atom. The monoisotopic (exact) mass is 236 g/mol. The van der Waals surface area contributed by atoms with E-state index in [1.807, 2.05) is 12.4 Å². The van der Waals surface area contributed by atoms with Crippen LogP contribution >= 0.6 is 15.9 Å². The molecule has 0 saturated carbocycles. The fourth-order valence-corrected chi connectivity index (χ4v) is 2.83. The smallest absolute Gasteiger partial charge is 0.0525 e. The normalized spacial score (nSPS) is 15.2. The lowest BCUT2D eigenvalue weighted by molar-refractivity contribution is 0.772. The van der Waals surface area contributed by atoms with Crippen LogP contribution in [0.3, 0.4) is 0 Å². The van der Waals surface area contributed by atoms with E-state index in [1.54, 1.807) is 0 Å². The topological polar surface area (TPSA) is 17.8 Å². The molecule has 1 aliphatic heterocycles. The second kappa shape index (κ2) is 2.58. The quantitative estimate of drug-likeness (QED) is 0.688. The molecule has 3 heteroatoms. The van der Waals surface area contributed by atoms with Gasteiger partial charge in [-0.1, -0.05) is 0 Å². The standard InChI is InChI=1S/C10H9BrN2/c11-10-7-6-12-4-3-8(7)13-5-1-2-9(10)13/h3-4,6H,1-2,5H2. The van der Waals surface area contributed by atoms with Gasteiger partial charge in [0.2, 0.25) is 0 Å². The molecule has 0 radical (unpaired) electrons. The fraction of sp³-hybridized carbons (Fsp3) is 0.300. The summed E-state index contributed by atoms with van der Waals surface area (Å²) < 4.78 is 3.63. The van der Waals surface area contributed by atoms with Crippen LogP contribution in [0.15, 0.2) is 22.9 Å². The fourth-order valence-electron chi connectivity index (χ4n) is 2.12. The summed E-state index contributed by atoms with van der Waals surface area (Å²) in [5, 5.41) is 1.25. The molecule has 0 amide bonds. The van der Waals surface area contributed by atoms with Gasteiger partial charge in [-0.25, -0.2) is 0 Å². The predicted molar refractivity (Wildman–Crippen MR) is 55.8 cm³/mol. The van der Waals surface area contributed by atoms with Crippen molar-refractivity contribution in [2.24, 2.45) is 0 Å². The first-order valence-corrected chi connectivity index (χ1v) is 5.28. The van der Waals surface area contributed by atoms with Crippen molar-refractivity contribution in [1.82, 2.24) is 9.55 Å². The largest absolute Gasteiger partial charge is 0.343 e. The average molecular weight is 237 g/mol. The van der Waals surface area contributed by atoms with Crippen LogP contribution in [0.5, 0.6) is 0 Å². The van der Waals surface area contributed by atoms with E-state index in [4.69, 9.17) is 0 Å². The Kier molecular flexibility index (Phi) is 1.50. The minimum atomic E-state index is 1.15. The van der Waals surface area contributed by atoms with E-state index in [9.17, 15) is 0 Å². The van der Waals surface area contributed by atoms with Gasteiger partial charge in [0.15, 0.2) is 0 Å². The minimum absolute atomic E-state index is 1.15. The highest BCUT2D eigenvalue weighted by Gasteiger charge is 2.18. The summed E-state index contributed by atoms with van der Waals surface area (Å²) in [7, 11) is 0. The van der Waals surface area contributed by atoms with Gasteiger partial charge in [-0.05, 0) is 34.8 Å². The van der Waals surface area contributed by atoms with Crippen molar-refractivity contribution < 1.29 is 0 Å². The van der Waals surface area contributed by atoms with Gasteiger partial charge < -0.3 is 4.57 Å². The molecule has 3 rings (SSSR count). The summed E-state index contributed by atoms with van der Waals surface area (Å²) in [4.78, 5) is 4.14. The third-order valence-corrected chi connectivity index (χ3v) is 3.58.